The van der Waals surface area contributed by atoms with Crippen molar-refractivity contribution in [1.82, 2.24) is 4.72 Å². The number of hydrogen-bond donors (Lipinski definition) is 1. The monoisotopic (exact) mass is 247 g/mol. The molecule has 0 saturated carbocycles. The van der Waals surface area contributed by atoms with Crippen LogP contribution in [0.3, 0.4) is 0 Å². The molecule has 0 radical (unpaired) electrons. The molecule has 1 unspecified atom stereocenters. The van der Waals surface area contributed by atoms with Crippen molar-refractivity contribution >= 4 is 17.0 Å². The molecule has 0 bridgehead atoms. The van der Waals surface area contributed by atoms with E-state index in [0.717, 1.165) is 11.4 Å². The van der Waals surface area contributed by atoms with Gasteiger partial charge in [-0.15, -0.1) is 0 Å². The average Bonchev–Trinajstić information content (AvgIpc) is 2.32. The number of benzene rings is 1. The molecule has 1 aliphatic rings. The summed E-state index contributed by atoms with van der Waals surface area (Å²) in [7, 11) is 0. The highest BCUT2D eigenvalue weighted by molar-refractivity contribution is 7.77. The van der Waals surface area contributed by atoms with Gasteiger partial charge in [-0.1, -0.05) is 24.8 Å². The molecule has 0 spiro atoms. The number of para-hydroxylation sites is 1. The number of hydrogen-bond acceptors (Lipinski definition) is 3. The van der Waals surface area contributed by atoms with Crippen LogP contribution in [0.25, 0.3) is 0 Å². The Morgan fingerprint density at radius 2 is 1.94 bits per heavy atom. The Kier molecular flexibility index (Phi) is 3.41. The summed E-state index contributed by atoms with van der Waals surface area (Å²) in [6.07, 6.45) is 5.10. The number of nitrogens with zero attached hydrogens (tertiary/aromatic N) is 1. The maximum atomic E-state index is 10.6. The molecular formula is C12H11N2O2S-. The lowest BCUT2D eigenvalue weighted by Crippen LogP contribution is -2.23. The minimum absolute atomic E-state index is 0.495. The Balaban J connectivity index is 2.28. The van der Waals surface area contributed by atoms with Gasteiger partial charge in [0.05, 0.1) is 5.70 Å². The third kappa shape index (κ3) is 2.83. The molecule has 88 valence electrons. The van der Waals surface area contributed by atoms with E-state index in [1.807, 2.05) is 35.2 Å². The predicted molar refractivity (Wildman–Crippen MR) is 67.3 cm³/mol. The van der Waals surface area contributed by atoms with Crippen LogP contribution in [0.1, 0.15) is 0 Å². The van der Waals surface area contributed by atoms with E-state index in [0.29, 0.717) is 5.70 Å². The third-order valence-corrected chi connectivity index (χ3v) is 2.67. The minimum Gasteiger partial charge on any atom is -0.755 e. The summed E-state index contributed by atoms with van der Waals surface area (Å²) in [6, 6.07) is 9.59. The minimum atomic E-state index is -2.32. The van der Waals surface area contributed by atoms with Crippen molar-refractivity contribution in [2.45, 2.75) is 0 Å². The van der Waals surface area contributed by atoms with Gasteiger partial charge < -0.3 is 14.2 Å². The van der Waals surface area contributed by atoms with Crippen molar-refractivity contribution in [3.05, 3.63) is 66.7 Å². The lowest BCUT2D eigenvalue weighted by molar-refractivity contribution is 0.530. The standard InChI is InChI=1S/C12H12N2O2S/c1-10-7-8-11(13-17(15)16)9-14(10)12-5-3-2-4-6-12/h2-9,13H,1H2,(H,15,16)/p-1. The van der Waals surface area contributed by atoms with Crippen LogP contribution in [-0.2, 0) is 11.3 Å². The van der Waals surface area contributed by atoms with Gasteiger partial charge in [0.2, 0.25) is 0 Å². The molecule has 1 aliphatic heterocycles. The van der Waals surface area contributed by atoms with Gasteiger partial charge in [-0.25, -0.2) is 0 Å². The van der Waals surface area contributed by atoms with Crippen LogP contribution in [0, 0.1) is 0 Å². The highest BCUT2D eigenvalue weighted by Gasteiger charge is 2.10. The molecule has 5 heteroatoms. The second kappa shape index (κ2) is 4.99. The summed E-state index contributed by atoms with van der Waals surface area (Å²) in [5.74, 6) is 0. The van der Waals surface area contributed by atoms with E-state index in [1.54, 1.807) is 18.4 Å². The number of anilines is 1. The largest absolute Gasteiger partial charge is 0.755 e. The Morgan fingerprint density at radius 1 is 1.24 bits per heavy atom. The second-order valence-electron chi connectivity index (χ2n) is 3.45. The van der Waals surface area contributed by atoms with Crippen molar-refractivity contribution in [3.8, 4) is 0 Å². The van der Waals surface area contributed by atoms with E-state index < -0.39 is 11.3 Å². The molecule has 1 atom stereocenters. The Morgan fingerprint density at radius 3 is 2.59 bits per heavy atom. The van der Waals surface area contributed by atoms with Crippen molar-refractivity contribution < 1.29 is 8.76 Å². The molecule has 1 N–H and O–H groups in total. The quantitative estimate of drug-likeness (QED) is 0.829. The predicted octanol–water partition coefficient (Wildman–Crippen LogP) is 1.80. The summed E-state index contributed by atoms with van der Waals surface area (Å²) >= 11 is -2.32. The van der Waals surface area contributed by atoms with Gasteiger partial charge >= 0.3 is 0 Å². The molecule has 1 heterocycles. The van der Waals surface area contributed by atoms with Gasteiger partial charge in [-0.05, 0) is 24.3 Å². The maximum Gasteiger partial charge on any atom is 0.0619 e. The third-order valence-electron chi connectivity index (χ3n) is 2.27. The highest BCUT2D eigenvalue weighted by atomic mass is 32.2. The van der Waals surface area contributed by atoms with Crippen LogP contribution in [0.4, 0.5) is 5.69 Å². The van der Waals surface area contributed by atoms with Crippen LogP contribution in [0.5, 0.6) is 0 Å². The fourth-order valence-corrected chi connectivity index (χ4v) is 1.83. The summed E-state index contributed by atoms with van der Waals surface area (Å²) < 4.78 is 23.4. The summed E-state index contributed by atoms with van der Waals surface area (Å²) in [5, 5.41) is 0. The van der Waals surface area contributed by atoms with Crippen LogP contribution in [-0.4, -0.2) is 8.76 Å². The van der Waals surface area contributed by atoms with Crippen LogP contribution in [0.15, 0.2) is 66.7 Å². The number of rotatable bonds is 3. The zero-order chi connectivity index (χ0) is 12.3. The summed E-state index contributed by atoms with van der Waals surface area (Å²) in [4.78, 5) is 1.81. The van der Waals surface area contributed by atoms with E-state index >= 15 is 0 Å². The van der Waals surface area contributed by atoms with Crippen LogP contribution < -0.4 is 9.62 Å². The van der Waals surface area contributed by atoms with Gasteiger partial charge in [0, 0.05) is 28.9 Å². The van der Waals surface area contributed by atoms with Crippen LogP contribution in [0.2, 0.25) is 0 Å². The second-order valence-corrected chi connectivity index (χ2v) is 4.12. The zero-order valence-corrected chi connectivity index (χ0v) is 9.81. The molecule has 1 aromatic carbocycles. The molecule has 0 saturated heterocycles. The van der Waals surface area contributed by atoms with Crippen molar-refractivity contribution in [2.24, 2.45) is 0 Å². The lowest BCUT2D eigenvalue weighted by atomic mass is 10.2. The first-order valence-electron chi connectivity index (χ1n) is 4.96. The van der Waals surface area contributed by atoms with Gasteiger partial charge in [0.25, 0.3) is 0 Å². The fourth-order valence-electron chi connectivity index (χ4n) is 1.52. The molecule has 4 nitrogen and oxygen atoms in total. The molecule has 0 amide bonds. The first-order valence-corrected chi connectivity index (χ1v) is 6.03. The van der Waals surface area contributed by atoms with E-state index in [9.17, 15) is 8.76 Å². The van der Waals surface area contributed by atoms with Gasteiger partial charge in [-0.2, -0.15) is 0 Å². The van der Waals surface area contributed by atoms with E-state index in [4.69, 9.17) is 0 Å². The maximum absolute atomic E-state index is 10.6. The zero-order valence-electron chi connectivity index (χ0n) is 9.00. The first-order chi connectivity index (χ1) is 8.16. The average molecular weight is 247 g/mol. The Labute approximate surface area is 102 Å². The SMILES string of the molecule is C=C1C=CC(NS(=O)[O-])=CN1c1ccccc1. The summed E-state index contributed by atoms with van der Waals surface area (Å²) in [6.45, 7) is 3.90. The van der Waals surface area contributed by atoms with Crippen molar-refractivity contribution in [2.75, 3.05) is 4.90 Å². The molecule has 17 heavy (non-hydrogen) atoms. The molecule has 1 aromatic rings. The molecule has 0 fully saturated rings. The molecule has 0 aliphatic carbocycles. The normalized spacial score (nSPS) is 16.6. The van der Waals surface area contributed by atoms with Gasteiger partial charge in [0.15, 0.2) is 0 Å². The Hall–Kier alpha value is -1.85. The lowest BCUT2D eigenvalue weighted by Gasteiger charge is -2.25. The van der Waals surface area contributed by atoms with Gasteiger partial charge in [0.1, 0.15) is 0 Å². The van der Waals surface area contributed by atoms with Crippen molar-refractivity contribution in [3.63, 3.8) is 0 Å². The Bertz CT molecular complexity index is 508. The number of nitrogens with one attached hydrogen (secondary N) is 1. The van der Waals surface area contributed by atoms with Crippen molar-refractivity contribution in [1.29, 1.82) is 0 Å². The topological polar surface area (TPSA) is 55.4 Å². The number of allylic oxidation sites excluding steroid dienone is 2. The van der Waals surface area contributed by atoms with E-state index in [2.05, 4.69) is 11.3 Å². The fraction of sp³-hybridized carbons (Fsp3) is 0. The molecular weight excluding hydrogens is 236 g/mol. The van der Waals surface area contributed by atoms with Gasteiger partial charge in [-0.3, -0.25) is 4.21 Å². The summed E-state index contributed by atoms with van der Waals surface area (Å²) in [5.41, 5.74) is 2.20. The smallest absolute Gasteiger partial charge is 0.0619 e. The molecule has 2 rings (SSSR count). The van der Waals surface area contributed by atoms with E-state index in [-0.39, 0.29) is 0 Å². The van der Waals surface area contributed by atoms with E-state index in [1.165, 1.54) is 0 Å². The first kappa shape index (κ1) is 11.6. The highest BCUT2D eigenvalue weighted by Crippen LogP contribution is 2.23. The molecule has 0 aromatic heterocycles. The van der Waals surface area contributed by atoms with Crippen LogP contribution >= 0.6 is 0 Å².